The normalized spacial score (nSPS) is 15.3. The van der Waals surface area contributed by atoms with E-state index < -0.39 is 17.8 Å². The predicted molar refractivity (Wildman–Crippen MR) is 102 cm³/mol. The van der Waals surface area contributed by atoms with Gasteiger partial charge in [-0.2, -0.15) is 0 Å². The SMILES string of the molecule is Cc1cccc(NC(=O)CN2C(=O)N/C(=C\c3ccc(Br)cc3)C2=O)c1. The van der Waals surface area contributed by atoms with Crippen LogP contribution < -0.4 is 10.6 Å². The molecule has 0 radical (unpaired) electrons. The number of nitrogens with one attached hydrogen (secondary N) is 2. The van der Waals surface area contributed by atoms with E-state index in [4.69, 9.17) is 0 Å². The molecule has 26 heavy (non-hydrogen) atoms. The highest BCUT2D eigenvalue weighted by molar-refractivity contribution is 9.10. The van der Waals surface area contributed by atoms with Gasteiger partial charge in [0.1, 0.15) is 12.2 Å². The van der Waals surface area contributed by atoms with Crippen molar-refractivity contribution in [1.29, 1.82) is 0 Å². The topological polar surface area (TPSA) is 78.5 Å². The van der Waals surface area contributed by atoms with Crippen LogP contribution in [0.3, 0.4) is 0 Å². The smallest absolute Gasteiger partial charge is 0.325 e. The number of urea groups is 1. The molecule has 1 saturated heterocycles. The molecule has 0 bridgehead atoms. The van der Waals surface area contributed by atoms with E-state index in [1.807, 2.05) is 49.4 Å². The van der Waals surface area contributed by atoms with E-state index in [1.54, 1.807) is 12.1 Å². The molecule has 4 amide bonds. The molecule has 132 valence electrons. The number of anilines is 1. The fraction of sp³-hybridized carbons (Fsp3) is 0.105. The first-order valence-corrected chi connectivity index (χ1v) is 8.68. The van der Waals surface area contributed by atoms with Crippen molar-refractivity contribution >= 4 is 45.5 Å². The molecular weight excluding hydrogens is 398 g/mol. The molecule has 1 aliphatic heterocycles. The summed E-state index contributed by atoms with van der Waals surface area (Å²) >= 11 is 3.34. The van der Waals surface area contributed by atoms with Crippen LogP contribution in [0, 0.1) is 6.92 Å². The van der Waals surface area contributed by atoms with Gasteiger partial charge in [0, 0.05) is 10.2 Å². The molecule has 2 N–H and O–H groups in total. The van der Waals surface area contributed by atoms with Crippen LogP contribution in [0.2, 0.25) is 0 Å². The maximum atomic E-state index is 12.4. The molecule has 0 spiro atoms. The summed E-state index contributed by atoms with van der Waals surface area (Å²) in [6.07, 6.45) is 1.57. The fourth-order valence-corrected chi connectivity index (χ4v) is 2.77. The summed E-state index contributed by atoms with van der Waals surface area (Å²) in [7, 11) is 0. The van der Waals surface area contributed by atoms with Crippen LogP contribution in [0.5, 0.6) is 0 Å². The molecule has 2 aromatic carbocycles. The van der Waals surface area contributed by atoms with E-state index in [-0.39, 0.29) is 12.2 Å². The second-order valence-electron chi connectivity index (χ2n) is 5.85. The average Bonchev–Trinajstić information content (AvgIpc) is 2.84. The number of nitrogens with zero attached hydrogens (tertiary/aromatic N) is 1. The zero-order valence-electron chi connectivity index (χ0n) is 14.0. The number of halogens is 1. The molecule has 7 heteroatoms. The highest BCUT2D eigenvalue weighted by atomic mass is 79.9. The number of aryl methyl sites for hydroxylation is 1. The van der Waals surface area contributed by atoms with Gasteiger partial charge in [0.15, 0.2) is 0 Å². The van der Waals surface area contributed by atoms with Crippen LogP contribution in [-0.2, 0) is 9.59 Å². The van der Waals surface area contributed by atoms with Crippen molar-refractivity contribution in [2.75, 3.05) is 11.9 Å². The highest BCUT2D eigenvalue weighted by Crippen LogP contribution is 2.17. The maximum Gasteiger partial charge on any atom is 0.329 e. The van der Waals surface area contributed by atoms with Crippen LogP contribution in [0.25, 0.3) is 6.08 Å². The van der Waals surface area contributed by atoms with Crippen LogP contribution in [-0.4, -0.2) is 29.3 Å². The van der Waals surface area contributed by atoms with Crippen molar-refractivity contribution in [2.24, 2.45) is 0 Å². The van der Waals surface area contributed by atoms with E-state index in [0.29, 0.717) is 5.69 Å². The third-order valence-corrected chi connectivity index (χ3v) is 4.28. The van der Waals surface area contributed by atoms with Crippen molar-refractivity contribution in [3.05, 3.63) is 69.8 Å². The Kier molecular flexibility index (Phi) is 5.18. The van der Waals surface area contributed by atoms with E-state index >= 15 is 0 Å². The first-order valence-electron chi connectivity index (χ1n) is 7.89. The molecule has 0 aromatic heterocycles. The molecule has 0 atom stereocenters. The molecule has 0 unspecified atom stereocenters. The quantitative estimate of drug-likeness (QED) is 0.596. The zero-order chi connectivity index (χ0) is 18.7. The van der Waals surface area contributed by atoms with Crippen LogP contribution in [0.1, 0.15) is 11.1 Å². The molecule has 0 saturated carbocycles. The molecular formula is C19H16BrN3O3. The number of hydrogen-bond donors (Lipinski definition) is 2. The molecule has 1 fully saturated rings. The largest absolute Gasteiger partial charge is 0.329 e. The Morgan fingerprint density at radius 2 is 1.92 bits per heavy atom. The highest BCUT2D eigenvalue weighted by Gasteiger charge is 2.34. The minimum absolute atomic E-state index is 0.140. The Balaban J connectivity index is 1.69. The predicted octanol–water partition coefficient (Wildman–Crippen LogP) is 3.29. The summed E-state index contributed by atoms with van der Waals surface area (Å²) in [4.78, 5) is 37.5. The lowest BCUT2D eigenvalue weighted by Gasteiger charge is -2.12. The number of amides is 4. The minimum atomic E-state index is -0.613. The van der Waals surface area contributed by atoms with Gasteiger partial charge in [-0.25, -0.2) is 9.69 Å². The Bertz CT molecular complexity index is 907. The number of hydrogen-bond acceptors (Lipinski definition) is 3. The van der Waals surface area contributed by atoms with Gasteiger partial charge < -0.3 is 10.6 Å². The average molecular weight is 414 g/mol. The summed E-state index contributed by atoms with van der Waals surface area (Å²) in [5, 5.41) is 5.19. The molecule has 3 rings (SSSR count). The van der Waals surface area contributed by atoms with Crippen molar-refractivity contribution in [1.82, 2.24) is 10.2 Å². The van der Waals surface area contributed by atoms with Gasteiger partial charge in [-0.05, 0) is 48.4 Å². The van der Waals surface area contributed by atoms with Gasteiger partial charge in [-0.3, -0.25) is 9.59 Å². The van der Waals surface area contributed by atoms with Gasteiger partial charge in [-0.15, -0.1) is 0 Å². The Hall–Kier alpha value is -2.93. The van der Waals surface area contributed by atoms with E-state index in [1.165, 1.54) is 0 Å². The summed E-state index contributed by atoms with van der Waals surface area (Å²) in [6.45, 7) is 1.56. The minimum Gasteiger partial charge on any atom is -0.325 e. The Labute approximate surface area is 159 Å². The molecule has 2 aromatic rings. The molecule has 0 aliphatic carbocycles. The van der Waals surface area contributed by atoms with Gasteiger partial charge in [0.2, 0.25) is 5.91 Å². The number of imide groups is 1. The molecule has 1 aliphatic rings. The summed E-state index contributed by atoms with van der Waals surface area (Å²) < 4.78 is 0.913. The lowest BCUT2D eigenvalue weighted by Crippen LogP contribution is -2.38. The second-order valence-corrected chi connectivity index (χ2v) is 6.76. The lowest BCUT2D eigenvalue weighted by atomic mass is 10.2. The van der Waals surface area contributed by atoms with Gasteiger partial charge in [0.05, 0.1) is 0 Å². The maximum absolute atomic E-state index is 12.4. The molecule has 1 heterocycles. The van der Waals surface area contributed by atoms with Crippen molar-refractivity contribution in [3.8, 4) is 0 Å². The van der Waals surface area contributed by atoms with Gasteiger partial charge in [-0.1, -0.05) is 40.2 Å². The first kappa shape index (κ1) is 17.9. The van der Waals surface area contributed by atoms with E-state index in [2.05, 4.69) is 26.6 Å². The van der Waals surface area contributed by atoms with Gasteiger partial charge in [0.25, 0.3) is 5.91 Å². The number of benzene rings is 2. The number of carbonyl (C=O) groups excluding carboxylic acids is 3. The first-order chi connectivity index (χ1) is 12.4. The fourth-order valence-electron chi connectivity index (χ4n) is 2.51. The van der Waals surface area contributed by atoms with Crippen molar-refractivity contribution in [2.45, 2.75) is 6.92 Å². The van der Waals surface area contributed by atoms with Crippen LogP contribution in [0.4, 0.5) is 10.5 Å². The third kappa shape index (κ3) is 4.18. The van der Waals surface area contributed by atoms with Crippen LogP contribution >= 0.6 is 15.9 Å². The number of carbonyl (C=O) groups is 3. The Morgan fingerprint density at radius 3 is 2.62 bits per heavy atom. The summed E-state index contributed by atoms with van der Waals surface area (Å²) in [6, 6.07) is 14.0. The zero-order valence-corrected chi connectivity index (χ0v) is 15.5. The Morgan fingerprint density at radius 1 is 1.19 bits per heavy atom. The van der Waals surface area contributed by atoms with Crippen LogP contribution in [0.15, 0.2) is 58.7 Å². The second kappa shape index (κ2) is 7.53. The van der Waals surface area contributed by atoms with Crippen molar-refractivity contribution < 1.29 is 14.4 Å². The van der Waals surface area contributed by atoms with E-state index in [0.717, 1.165) is 20.5 Å². The standard InChI is InChI=1S/C19H16BrN3O3/c1-12-3-2-4-15(9-12)21-17(24)11-23-18(25)16(22-19(23)26)10-13-5-7-14(20)8-6-13/h2-10H,11H2,1H3,(H,21,24)(H,22,26)/b16-10-. The monoisotopic (exact) mass is 413 g/mol. The number of rotatable bonds is 4. The summed E-state index contributed by atoms with van der Waals surface area (Å²) in [5.41, 5.74) is 2.52. The lowest BCUT2D eigenvalue weighted by molar-refractivity contribution is -0.127. The summed E-state index contributed by atoms with van der Waals surface area (Å²) in [5.74, 6) is -0.971. The third-order valence-electron chi connectivity index (χ3n) is 3.75. The van der Waals surface area contributed by atoms with Gasteiger partial charge >= 0.3 is 6.03 Å². The van der Waals surface area contributed by atoms with E-state index in [9.17, 15) is 14.4 Å². The molecule has 6 nitrogen and oxygen atoms in total. The van der Waals surface area contributed by atoms with Crippen molar-refractivity contribution in [3.63, 3.8) is 0 Å².